The number of hydrogen-bond acceptors (Lipinski definition) is 9. The van der Waals surface area contributed by atoms with E-state index in [4.69, 9.17) is 26.8 Å². The summed E-state index contributed by atoms with van der Waals surface area (Å²) in [5.74, 6) is -2.20. The summed E-state index contributed by atoms with van der Waals surface area (Å²) < 4.78 is 110. The first kappa shape index (κ1) is 37.9. The molecule has 0 radical (unpaired) electrons. The maximum Gasteiger partial charge on any atom is 0.433 e. The Morgan fingerprint density at radius 2 is 1.67 bits per heavy atom. The number of anilines is 1. The Bertz CT molecular complexity index is 2600. The Kier molecular flexibility index (Phi) is 9.97. The minimum Gasteiger partial charge on any atom is -0.497 e. The number of halogens is 6. The van der Waals surface area contributed by atoms with Crippen molar-refractivity contribution in [3.63, 3.8) is 0 Å². The predicted octanol–water partition coefficient (Wildman–Crippen LogP) is 5.97. The molecule has 0 spiro atoms. The molecule has 0 bridgehead atoms. The zero-order valence-electron chi connectivity index (χ0n) is 28.2. The number of rotatable bonds is 10. The van der Waals surface area contributed by atoms with Crippen LogP contribution in [0.3, 0.4) is 0 Å². The largest absolute Gasteiger partial charge is 0.497 e. The Morgan fingerprint density at radius 1 is 1.00 bits per heavy atom. The number of carbonyl (C=O) groups is 1. The van der Waals surface area contributed by atoms with Gasteiger partial charge in [-0.1, -0.05) is 23.7 Å². The molecular weight excluding hydrogens is 765 g/mol. The molecule has 0 aliphatic heterocycles. The number of sulfonamides is 1. The molecule has 20 heteroatoms. The highest BCUT2D eigenvalue weighted by molar-refractivity contribution is 7.92. The molecule has 3 aromatic heterocycles. The van der Waals surface area contributed by atoms with Gasteiger partial charge in [0.15, 0.2) is 23.4 Å². The highest BCUT2D eigenvalue weighted by Crippen LogP contribution is 2.38. The lowest BCUT2D eigenvalue weighted by Crippen LogP contribution is -2.30. The molecule has 1 atom stereocenters. The lowest BCUT2D eigenvalue weighted by molar-refractivity contribution is -0.141. The van der Waals surface area contributed by atoms with E-state index in [9.17, 15) is 40.0 Å². The summed E-state index contributed by atoms with van der Waals surface area (Å²) in [7, 11) is -1.19. The van der Waals surface area contributed by atoms with Crippen LogP contribution in [-0.2, 0) is 40.9 Å². The van der Waals surface area contributed by atoms with Crippen molar-refractivity contribution >= 4 is 55.5 Å². The summed E-state index contributed by atoms with van der Waals surface area (Å²) in [6.45, 7) is -0.218. The van der Waals surface area contributed by atoms with Crippen molar-refractivity contribution in [2.75, 3.05) is 17.7 Å². The van der Waals surface area contributed by atoms with Crippen LogP contribution in [-0.4, -0.2) is 52.2 Å². The van der Waals surface area contributed by atoms with Gasteiger partial charge in [0.2, 0.25) is 10.0 Å². The molecule has 54 heavy (non-hydrogen) atoms. The van der Waals surface area contributed by atoms with Gasteiger partial charge in [0.05, 0.1) is 46.9 Å². The van der Waals surface area contributed by atoms with E-state index in [1.54, 1.807) is 24.3 Å². The molecule has 6 aromatic rings. The first-order valence-electron chi connectivity index (χ1n) is 15.5. The summed E-state index contributed by atoms with van der Waals surface area (Å²) >= 11 is 6.71. The van der Waals surface area contributed by atoms with Crippen molar-refractivity contribution in [1.82, 2.24) is 24.3 Å². The van der Waals surface area contributed by atoms with E-state index in [0.29, 0.717) is 23.4 Å². The van der Waals surface area contributed by atoms with E-state index in [1.807, 2.05) is 0 Å². The van der Waals surface area contributed by atoms with E-state index in [0.717, 1.165) is 33.3 Å². The van der Waals surface area contributed by atoms with Crippen LogP contribution in [0.1, 0.15) is 28.7 Å². The van der Waals surface area contributed by atoms with Gasteiger partial charge < -0.3 is 15.2 Å². The Balaban J connectivity index is 1.65. The van der Waals surface area contributed by atoms with Crippen LogP contribution in [0.5, 0.6) is 5.75 Å². The lowest BCUT2D eigenvalue weighted by atomic mass is 10.1. The van der Waals surface area contributed by atoms with Crippen molar-refractivity contribution in [3.8, 4) is 11.4 Å². The number of pyridine rings is 1. The van der Waals surface area contributed by atoms with Gasteiger partial charge >= 0.3 is 12.3 Å². The molecular formula is C34H27ClF5N7O6S. The number of aromatic nitrogens is 5. The number of aryl methyl sites for hydroxylation is 1. The summed E-state index contributed by atoms with van der Waals surface area (Å²) in [5, 5.41) is 4.07. The van der Waals surface area contributed by atoms with Crippen LogP contribution in [0.4, 0.5) is 32.6 Å². The fourth-order valence-corrected chi connectivity index (χ4v) is 6.96. The van der Waals surface area contributed by atoms with Crippen molar-refractivity contribution in [2.24, 2.45) is 12.8 Å². The smallest absolute Gasteiger partial charge is 0.433 e. The van der Waals surface area contributed by atoms with E-state index in [1.165, 1.54) is 31.0 Å². The number of methoxy groups -OCH3 is 1. The number of carbonyl (C=O) groups excluding carboxylic acids is 1. The quantitative estimate of drug-likeness (QED) is 0.165. The Hall–Kier alpha value is -5.82. The molecule has 0 saturated heterocycles. The second-order valence-corrected chi connectivity index (χ2v) is 14.3. The topological polar surface area (TPSA) is 165 Å². The first-order chi connectivity index (χ1) is 25.3. The van der Waals surface area contributed by atoms with Crippen LogP contribution in [0.2, 0.25) is 5.02 Å². The van der Waals surface area contributed by atoms with Crippen LogP contribution >= 0.6 is 11.6 Å². The summed E-state index contributed by atoms with van der Waals surface area (Å²) in [5.41, 5.74) is 2.59. The molecule has 1 amide bonds. The number of primary amides is 1. The predicted molar refractivity (Wildman–Crippen MR) is 187 cm³/mol. The molecule has 2 N–H and O–H groups in total. The van der Waals surface area contributed by atoms with Crippen molar-refractivity contribution < 1.29 is 44.6 Å². The van der Waals surface area contributed by atoms with Gasteiger partial charge in [0, 0.05) is 19.5 Å². The van der Waals surface area contributed by atoms with Crippen molar-refractivity contribution in [1.29, 1.82) is 0 Å². The van der Waals surface area contributed by atoms with E-state index in [-0.39, 0.29) is 39.5 Å². The summed E-state index contributed by atoms with van der Waals surface area (Å²) in [6, 6.07) is 13.0. The zero-order valence-corrected chi connectivity index (χ0v) is 29.8. The van der Waals surface area contributed by atoms with Crippen LogP contribution in [0.15, 0.2) is 71.5 Å². The summed E-state index contributed by atoms with van der Waals surface area (Å²) in [6.07, 6.45) is -7.77. The first-order valence-corrected chi connectivity index (χ1v) is 17.8. The number of hydrogen-bond donors (Lipinski definition) is 1. The van der Waals surface area contributed by atoms with Crippen LogP contribution < -0.4 is 20.3 Å². The van der Waals surface area contributed by atoms with Gasteiger partial charge in [0.1, 0.15) is 23.1 Å². The molecule has 3 heterocycles. The maximum atomic E-state index is 14.4. The molecule has 0 saturated carbocycles. The molecule has 0 fully saturated rings. The lowest BCUT2D eigenvalue weighted by Gasteiger charge is -2.22. The third kappa shape index (κ3) is 7.49. The monoisotopic (exact) mass is 791 g/mol. The molecule has 1 unspecified atom stereocenters. The van der Waals surface area contributed by atoms with E-state index < -0.39 is 74.6 Å². The highest BCUT2D eigenvalue weighted by Gasteiger charge is 2.35. The SMILES string of the molecule is COc1ccc(CN(c2nn(C)c3c(-n4c(C(Cc5cc(F)cc(F)c5)OC(N)=O)nc5nc(C(F)(F)F)ccc5c4=O)ccc(Cl)c23)S(C)(=O)=O)cc1. The highest BCUT2D eigenvalue weighted by atomic mass is 35.5. The average molecular weight is 792 g/mol. The minimum atomic E-state index is -4.95. The third-order valence-electron chi connectivity index (χ3n) is 8.20. The molecule has 6 rings (SSSR count). The Morgan fingerprint density at radius 3 is 2.26 bits per heavy atom. The number of benzene rings is 3. The standard InChI is InChI=1S/C34H27ClF5N7O6S/c1-45-28-24(10-9-23(35)27(28)31(44-45)46(54(3,50)51)16-17-4-6-21(52-2)7-5-17)47-30(25(53-33(41)49)14-18-12-19(36)15-20(37)13-18)43-29-22(32(47)48)8-11-26(42-29)34(38,39)40/h4-13,15,25H,14,16H2,1-3H3,(H2,41,49). The molecule has 3 aromatic carbocycles. The van der Waals surface area contributed by atoms with Gasteiger partial charge in [-0.05, 0) is 59.7 Å². The fraction of sp³-hybridized carbons (Fsp3) is 0.206. The molecule has 282 valence electrons. The normalized spacial score (nSPS) is 12.6. The fourth-order valence-electron chi connectivity index (χ4n) is 5.90. The van der Waals surface area contributed by atoms with E-state index in [2.05, 4.69) is 15.1 Å². The number of nitrogens with two attached hydrogens (primary N) is 1. The average Bonchev–Trinajstić information content (AvgIpc) is 3.43. The zero-order chi connectivity index (χ0) is 39.3. The van der Waals surface area contributed by atoms with Gasteiger partial charge in [-0.3, -0.25) is 14.0 Å². The molecule has 13 nitrogen and oxygen atoms in total. The van der Waals surface area contributed by atoms with Crippen LogP contribution in [0, 0.1) is 11.6 Å². The Labute approximate surface area is 307 Å². The third-order valence-corrected chi connectivity index (χ3v) is 9.62. The minimum absolute atomic E-state index is 0.0137. The van der Waals surface area contributed by atoms with E-state index >= 15 is 0 Å². The molecule has 0 aliphatic rings. The van der Waals surface area contributed by atoms with Crippen LogP contribution in [0.25, 0.3) is 27.6 Å². The van der Waals surface area contributed by atoms with Gasteiger partial charge in [-0.2, -0.15) is 18.3 Å². The van der Waals surface area contributed by atoms with Gasteiger partial charge in [0.25, 0.3) is 5.56 Å². The van der Waals surface area contributed by atoms with Crippen molar-refractivity contribution in [3.05, 3.63) is 116 Å². The number of alkyl halides is 3. The second kappa shape index (κ2) is 14.2. The van der Waals surface area contributed by atoms with Gasteiger partial charge in [-0.15, -0.1) is 0 Å². The maximum absolute atomic E-state index is 14.4. The molecule has 0 aliphatic carbocycles. The van der Waals surface area contributed by atoms with Gasteiger partial charge in [-0.25, -0.2) is 36.3 Å². The number of nitrogens with zero attached hydrogens (tertiary/aromatic N) is 6. The number of amides is 1. The van der Waals surface area contributed by atoms with Crippen molar-refractivity contribution in [2.45, 2.75) is 25.2 Å². The second-order valence-electron chi connectivity index (χ2n) is 11.9. The number of ether oxygens (including phenoxy) is 2. The summed E-state index contributed by atoms with van der Waals surface area (Å²) in [4.78, 5) is 34.4. The number of fused-ring (bicyclic) bond motifs is 2.